The van der Waals surface area contributed by atoms with E-state index in [9.17, 15) is 0 Å². The van der Waals surface area contributed by atoms with Crippen LogP contribution in [0.4, 0.5) is 0 Å². The molecule has 98 valence electrons. The van der Waals surface area contributed by atoms with Crippen molar-refractivity contribution in [1.29, 1.82) is 0 Å². The summed E-state index contributed by atoms with van der Waals surface area (Å²) in [7, 11) is 0. The lowest BCUT2D eigenvalue weighted by molar-refractivity contribution is 0.144. The van der Waals surface area contributed by atoms with Gasteiger partial charge in [0.15, 0.2) is 0 Å². The van der Waals surface area contributed by atoms with E-state index in [1.807, 2.05) is 25.3 Å². The van der Waals surface area contributed by atoms with Crippen LogP contribution in [0, 0.1) is 0 Å². The molecule has 0 unspecified atom stereocenters. The van der Waals surface area contributed by atoms with E-state index in [2.05, 4.69) is 16.4 Å². The molecule has 3 nitrogen and oxygen atoms in total. The summed E-state index contributed by atoms with van der Waals surface area (Å²) in [6, 6.07) is 5.94. The molecule has 0 bridgehead atoms. The van der Waals surface area contributed by atoms with Crippen LogP contribution in [-0.2, 0) is 11.3 Å². The van der Waals surface area contributed by atoms with Crippen molar-refractivity contribution in [2.75, 3.05) is 19.8 Å². The Morgan fingerprint density at radius 3 is 3.11 bits per heavy atom. The predicted octanol–water partition coefficient (Wildman–Crippen LogP) is 3.34. The minimum absolute atomic E-state index is 0.764. The average molecular weight is 267 g/mol. The minimum Gasteiger partial charge on any atom is -0.382 e. The molecule has 0 spiro atoms. The monoisotopic (exact) mass is 266 g/mol. The zero-order chi connectivity index (χ0) is 12.8. The summed E-state index contributed by atoms with van der Waals surface area (Å²) in [5.41, 5.74) is 2.37. The molecular formula is C14H19ClN2O. The second-order valence-electron chi connectivity index (χ2n) is 4.23. The number of halogens is 1. The molecule has 0 saturated carbocycles. The van der Waals surface area contributed by atoms with Crippen LogP contribution in [0.25, 0.3) is 10.9 Å². The number of aromatic amines is 1. The largest absolute Gasteiger partial charge is 0.382 e. The normalized spacial score (nSPS) is 11.2. The third kappa shape index (κ3) is 3.48. The molecule has 4 heteroatoms. The summed E-state index contributed by atoms with van der Waals surface area (Å²) in [4.78, 5) is 3.24. The first-order chi connectivity index (χ1) is 8.81. The third-order valence-corrected chi connectivity index (χ3v) is 3.13. The van der Waals surface area contributed by atoms with Gasteiger partial charge in [0, 0.05) is 41.9 Å². The fourth-order valence-electron chi connectivity index (χ4n) is 1.97. The molecule has 1 heterocycles. The molecule has 1 aromatic heterocycles. The van der Waals surface area contributed by atoms with Gasteiger partial charge in [0.1, 0.15) is 0 Å². The summed E-state index contributed by atoms with van der Waals surface area (Å²) in [6.45, 7) is 5.48. The summed E-state index contributed by atoms with van der Waals surface area (Å²) < 4.78 is 5.29. The van der Waals surface area contributed by atoms with Gasteiger partial charge in [0.05, 0.1) is 0 Å². The predicted molar refractivity (Wildman–Crippen MR) is 76.1 cm³/mol. The first-order valence-electron chi connectivity index (χ1n) is 6.35. The van der Waals surface area contributed by atoms with Gasteiger partial charge in [-0.15, -0.1) is 0 Å². The van der Waals surface area contributed by atoms with Crippen LogP contribution >= 0.6 is 11.6 Å². The maximum Gasteiger partial charge on any atom is 0.0477 e. The number of hydrogen-bond acceptors (Lipinski definition) is 2. The van der Waals surface area contributed by atoms with E-state index in [1.54, 1.807) is 0 Å². The van der Waals surface area contributed by atoms with Crippen LogP contribution in [0.1, 0.15) is 18.9 Å². The standard InChI is InChI=1S/C14H19ClN2O/c1-2-18-7-3-6-16-9-11-10-17-14-8-12(15)4-5-13(11)14/h4-5,8,10,16-17H,2-3,6-7,9H2,1H3. The van der Waals surface area contributed by atoms with E-state index in [1.165, 1.54) is 10.9 Å². The first kappa shape index (κ1) is 13.4. The molecule has 0 aliphatic rings. The number of nitrogens with one attached hydrogen (secondary N) is 2. The highest BCUT2D eigenvalue weighted by molar-refractivity contribution is 6.31. The van der Waals surface area contributed by atoms with Gasteiger partial charge < -0.3 is 15.0 Å². The van der Waals surface area contributed by atoms with Crippen molar-refractivity contribution >= 4 is 22.5 Å². The van der Waals surface area contributed by atoms with E-state index in [4.69, 9.17) is 16.3 Å². The molecular weight excluding hydrogens is 248 g/mol. The van der Waals surface area contributed by atoms with Crippen molar-refractivity contribution < 1.29 is 4.74 Å². The third-order valence-electron chi connectivity index (χ3n) is 2.89. The zero-order valence-electron chi connectivity index (χ0n) is 10.6. The quantitative estimate of drug-likeness (QED) is 0.754. The number of benzene rings is 1. The fourth-order valence-corrected chi connectivity index (χ4v) is 2.14. The topological polar surface area (TPSA) is 37.0 Å². The average Bonchev–Trinajstić information content (AvgIpc) is 2.76. The van der Waals surface area contributed by atoms with Gasteiger partial charge >= 0.3 is 0 Å². The molecule has 0 atom stereocenters. The van der Waals surface area contributed by atoms with Gasteiger partial charge in [-0.05, 0) is 37.6 Å². The number of rotatable bonds is 7. The van der Waals surface area contributed by atoms with Crippen molar-refractivity contribution in [2.24, 2.45) is 0 Å². The Labute approximate surface area is 112 Å². The lowest BCUT2D eigenvalue weighted by atomic mass is 10.2. The van der Waals surface area contributed by atoms with Crippen molar-refractivity contribution in [3.8, 4) is 0 Å². The molecule has 0 saturated heterocycles. The van der Waals surface area contributed by atoms with Crippen LogP contribution in [0.5, 0.6) is 0 Å². The number of aromatic nitrogens is 1. The second kappa shape index (κ2) is 6.78. The van der Waals surface area contributed by atoms with Gasteiger partial charge in [-0.25, -0.2) is 0 Å². The van der Waals surface area contributed by atoms with E-state index < -0.39 is 0 Å². The Hall–Kier alpha value is -1.03. The molecule has 2 aromatic rings. The van der Waals surface area contributed by atoms with Crippen LogP contribution in [0.3, 0.4) is 0 Å². The fraction of sp³-hybridized carbons (Fsp3) is 0.429. The Balaban J connectivity index is 1.84. The van der Waals surface area contributed by atoms with Crippen LogP contribution < -0.4 is 5.32 Å². The Morgan fingerprint density at radius 1 is 1.39 bits per heavy atom. The summed E-state index contributed by atoms with van der Waals surface area (Å²) in [5.74, 6) is 0. The molecule has 2 rings (SSSR count). The molecule has 18 heavy (non-hydrogen) atoms. The van der Waals surface area contributed by atoms with E-state index in [0.717, 1.165) is 43.3 Å². The van der Waals surface area contributed by atoms with Gasteiger partial charge in [0.2, 0.25) is 0 Å². The molecule has 0 amide bonds. The lowest BCUT2D eigenvalue weighted by Crippen LogP contribution is -2.16. The summed E-state index contributed by atoms with van der Waals surface area (Å²) in [5, 5.41) is 5.42. The minimum atomic E-state index is 0.764. The van der Waals surface area contributed by atoms with Crippen molar-refractivity contribution in [2.45, 2.75) is 19.9 Å². The van der Waals surface area contributed by atoms with E-state index in [-0.39, 0.29) is 0 Å². The molecule has 0 fully saturated rings. The first-order valence-corrected chi connectivity index (χ1v) is 6.73. The maximum absolute atomic E-state index is 5.95. The SMILES string of the molecule is CCOCCCNCc1c[nH]c2cc(Cl)ccc12. The lowest BCUT2D eigenvalue weighted by Gasteiger charge is -2.04. The van der Waals surface area contributed by atoms with Crippen molar-refractivity contribution in [3.05, 3.63) is 35.0 Å². The molecule has 0 aliphatic carbocycles. The second-order valence-corrected chi connectivity index (χ2v) is 4.67. The highest BCUT2D eigenvalue weighted by atomic mass is 35.5. The van der Waals surface area contributed by atoms with Gasteiger partial charge in [-0.3, -0.25) is 0 Å². The molecule has 1 aromatic carbocycles. The van der Waals surface area contributed by atoms with Crippen LogP contribution in [0.2, 0.25) is 5.02 Å². The highest BCUT2D eigenvalue weighted by Crippen LogP contribution is 2.21. The zero-order valence-corrected chi connectivity index (χ0v) is 11.4. The number of ether oxygens (including phenoxy) is 1. The summed E-state index contributed by atoms with van der Waals surface area (Å²) >= 11 is 5.95. The van der Waals surface area contributed by atoms with Gasteiger partial charge in [0.25, 0.3) is 0 Å². The number of fused-ring (bicyclic) bond motifs is 1. The Bertz CT molecular complexity index is 495. The molecule has 2 N–H and O–H groups in total. The molecule has 0 radical (unpaired) electrons. The number of hydrogen-bond donors (Lipinski definition) is 2. The highest BCUT2D eigenvalue weighted by Gasteiger charge is 2.03. The van der Waals surface area contributed by atoms with E-state index in [0.29, 0.717) is 0 Å². The van der Waals surface area contributed by atoms with Gasteiger partial charge in [-0.1, -0.05) is 17.7 Å². The van der Waals surface area contributed by atoms with Crippen molar-refractivity contribution in [1.82, 2.24) is 10.3 Å². The Kier molecular flexibility index (Phi) is 5.05. The smallest absolute Gasteiger partial charge is 0.0477 e. The maximum atomic E-state index is 5.95. The molecule has 0 aliphatic heterocycles. The Morgan fingerprint density at radius 2 is 2.28 bits per heavy atom. The van der Waals surface area contributed by atoms with Gasteiger partial charge in [-0.2, -0.15) is 0 Å². The number of H-pyrrole nitrogens is 1. The van der Waals surface area contributed by atoms with Crippen molar-refractivity contribution in [3.63, 3.8) is 0 Å². The van der Waals surface area contributed by atoms with Crippen LogP contribution in [0.15, 0.2) is 24.4 Å². The summed E-state index contributed by atoms with van der Waals surface area (Å²) in [6.07, 6.45) is 3.08. The van der Waals surface area contributed by atoms with Crippen LogP contribution in [-0.4, -0.2) is 24.7 Å². The van der Waals surface area contributed by atoms with E-state index >= 15 is 0 Å².